The molecule has 1 amide bonds. The second-order valence-electron chi connectivity index (χ2n) is 4.99. The van der Waals surface area contributed by atoms with Crippen LogP contribution in [0.1, 0.15) is 32.1 Å². The predicted molar refractivity (Wildman–Crippen MR) is 77.3 cm³/mol. The van der Waals surface area contributed by atoms with Gasteiger partial charge in [0.05, 0.1) is 11.6 Å². The number of hydrogen-bond donors (Lipinski definition) is 2. The van der Waals surface area contributed by atoms with Crippen LogP contribution >= 0.6 is 15.9 Å². The molecule has 0 aromatic heterocycles. The first-order valence-corrected chi connectivity index (χ1v) is 7.39. The van der Waals surface area contributed by atoms with Crippen molar-refractivity contribution >= 4 is 27.5 Å². The van der Waals surface area contributed by atoms with Crippen LogP contribution in [0.25, 0.3) is 0 Å². The number of carbonyl (C=O) groups excluding carboxylic acids is 1. The summed E-state index contributed by atoms with van der Waals surface area (Å²) in [4.78, 5) is 12.3. The molecule has 0 heterocycles. The molecular weight excluding hydrogens is 311 g/mol. The molecule has 2 atom stereocenters. The molecule has 0 aliphatic heterocycles. The van der Waals surface area contributed by atoms with Gasteiger partial charge in [-0.15, -0.1) is 0 Å². The molecule has 3 N–H and O–H groups in total. The summed E-state index contributed by atoms with van der Waals surface area (Å²) in [6, 6.07) is 4.49. The summed E-state index contributed by atoms with van der Waals surface area (Å²) in [7, 11) is 0. The molecule has 1 saturated carbocycles. The van der Waals surface area contributed by atoms with Crippen LogP contribution in [-0.4, -0.2) is 11.9 Å². The maximum absolute atomic E-state index is 13.7. The molecule has 2 rings (SSSR count). The minimum Gasteiger partial charge on any atom is -0.327 e. The van der Waals surface area contributed by atoms with Crippen LogP contribution in [0, 0.1) is 11.7 Å². The maximum atomic E-state index is 13.7. The number of halogens is 2. The third-order valence-corrected chi connectivity index (χ3v) is 4.28. The Morgan fingerprint density at radius 1 is 1.32 bits per heavy atom. The molecule has 1 aliphatic rings. The molecule has 3 nitrogen and oxygen atoms in total. The third-order valence-electron chi connectivity index (χ3n) is 3.62. The number of nitrogens with two attached hydrogens (primary N) is 1. The Labute approximate surface area is 120 Å². The van der Waals surface area contributed by atoms with E-state index in [1.807, 2.05) is 0 Å². The average Bonchev–Trinajstić information content (AvgIpc) is 2.58. The zero-order valence-corrected chi connectivity index (χ0v) is 12.2. The van der Waals surface area contributed by atoms with Crippen LogP contribution in [0.2, 0.25) is 0 Å². The number of anilines is 1. The van der Waals surface area contributed by atoms with Crippen LogP contribution < -0.4 is 11.1 Å². The van der Waals surface area contributed by atoms with Gasteiger partial charge in [0.15, 0.2) is 0 Å². The van der Waals surface area contributed by atoms with Crippen molar-refractivity contribution in [2.45, 2.75) is 38.1 Å². The summed E-state index contributed by atoms with van der Waals surface area (Å²) in [5, 5.41) is 2.67. The van der Waals surface area contributed by atoms with Gasteiger partial charge < -0.3 is 11.1 Å². The fourth-order valence-corrected chi connectivity index (χ4v) is 2.94. The summed E-state index contributed by atoms with van der Waals surface area (Å²) >= 11 is 3.24. The van der Waals surface area contributed by atoms with E-state index in [1.165, 1.54) is 6.07 Å². The van der Waals surface area contributed by atoms with Crippen LogP contribution in [-0.2, 0) is 4.79 Å². The Morgan fingerprint density at radius 2 is 2.05 bits per heavy atom. The normalized spacial score (nSPS) is 23.7. The van der Waals surface area contributed by atoms with Crippen molar-refractivity contribution in [2.75, 3.05) is 5.32 Å². The molecule has 1 aromatic carbocycles. The van der Waals surface area contributed by atoms with Crippen molar-refractivity contribution < 1.29 is 9.18 Å². The summed E-state index contributed by atoms with van der Waals surface area (Å²) in [6.45, 7) is 0. The summed E-state index contributed by atoms with van der Waals surface area (Å²) < 4.78 is 14.2. The van der Waals surface area contributed by atoms with Crippen LogP contribution in [0.3, 0.4) is 0 Å². The molecule has 0 spiro atoms. The Hall–Kier alpha value is -0.940. The van der Waals surface area contributed by atoms with Crippen LogP contribution in [0.4, 0.5) is 10.1 Å². The van der Waals surface area contributed by atoms with Gasteiger partial charge in [-0.05, 0) is 40.9 Å². The van der Waals surface area contributed by atoms with Crippen molar-refractivity contribution in [2.24, 2.45) is 11.7 Å². The highest BCUT2D eigenvalue weighted by Crippen LogP contribution is 2.28. The van der Waals surface area contributed by atoms with Gasteiger partial charge in [-0.1, -0.05) is 25.3 Å². The maximum Gasteiger partial charge on any atom is 0.229 e. The summed E-state index contributed by atoms with van der Waals surface area (Å²) in [6.07, 6.45) is 4.81. The van der Waals surface area contributed by atoms with E-state index in [0.29, 0.717) is 4.47 Å². The zero-order chi connectivity index (χ0) is 13.8. The van der Waals surface area contributed by atoms with E-state index in [0.717, 1.165) is 32.1 Å². The molecule has 19 heavy (non-hydrogen) atoms. The first-order valence-electron chi connectivity index (χ1n) is 6.60. The van der Waals surface area contributed by atoms with Gasteiger partial charge >= 0.3 is 0 Å². The highest BCUT2D eigenvalue weighted by molar-refractivity contribution is 9.10. The topological polar surface area (TPSA) is 55.1 Å². The van der Waals surface area contributed by atoms with Crippen molar-refractivity contribution in [1.82, 2.24) is 0 Å². The Bertz CT molecular complexity index is 447. The van der Waals surface area contributed by atoms with E-state index >= 15 is 0 Å². The van der Waals surface area contributed by atoms with Gasteiger partial charge in [-0.3, -0.25) is 4.79 Å². The van der Waals surface area contributed by atoms with Crippen molar-refractivity contribution in [3.05, 3.63) is 28.5 Å². The second-order valence-corrected chi connectivity index (χ2v) is 5.85. The number of hydrogen-bond acceptors (Lipinski definition) is 2. The average molecular weight is 329 g/mol. The molecule has 5 heteroatoms. The van der Waals surface area contributed by atoms with Gasteiger partial charge in [-0.2, -0.15) is 0 Å². The number of rotatable bonds is 2. The SMILES string of the molecule is NC1CCCCCC1C(=O)Nc1c(F)cccc1Br. The van der Waals surface area contributed by atoms with E-state index in [-0.39, 0.29) is 23.6 Å². The molecule has 1 aromatic rings. The van der Waals surface area contributed by atoms with E-state index in [2.05, 4.69) is 21.2 Å². The quantitative estimate of drug-likeness (QED) is 0.817. The van der Waals surface area contributed by atoms with Gasteiger partial charge in [0.1, 0.15) is 5.82 Å². The Morgan fingerprint density at radius 3 is 2.79 bits per heavy atom. The lowest BCUT2D eigenvalue weighted by molar-refractivity contribution is -0.120. The van der Waals surface area contributed by atoms with Gasteiger partial charge in [0, 0.05) is 10.5 Å². The largest absolute Gasteiger partial charge is 0.327 e. The first kappa shape index (κ1) is 14.5. The third kappa shape index (κ3) is 3.54. The monoisotopic (exact) mass is 328 g/mol. The number of benzene rings is 1. The lowest BCUT2D eigenvalue weighted by Gasteiger charge is -2.21. The van der Waals surface area contributed by atoms with Crippen molar-refractivity contribution in [3.8, 4) is 0 Å². The number of para-hydroxylation sites is 1. The van der Waals surface area contributed by atoms with Crippen LogP contribution in [0.5, 0.6) is 0 Å². The fraction of sp³-hybridized carbons (Fsp3) is 0.500. The smallest absolute Gasteiger partial charge is 0.229 e. The molecule has 2 unspecified atom stereocenters. The second kappa shape index (κ2) is 6.48. The van der Waals surface area contributed by atoms with Crippen molar-refractivity contribution in [3.63, 3.8) is 0 Å². The van der Waals surface area contributed by atoms with Gasteiger partial charge in [0.25, 0.3) is 0 Å². The van der Waals surface area contributed by atoms with Crippen LogP contribution in [0.15, 0.2) is 22.7 Å². The minimum absolute atomic E-state index is 0.131. The number of carbonyl (C=O) groups is 1. The lowest BCUT2D eigenvalue weighted by atomic mass is 9.94. The lowest BCUT2D eigenvalue weighted by Crippen LogP contribution is -2.38. The molecule has 1 aliphatic carbocycles. The molecular formula is C14H18BrFN2O. The molecule has 0 bridgehead atoms. The van der Waals surface area contributed by atoms with Gasteiger partial charge in [0.2, 0.25) is 5.91 Å². The molecule has 0 saturated heterocycles. The zero-order valence-electron chi connectivity index (χ0n) is 10.7. The number of nitrogens with one attached hydrogen (secondary N) is 1. The Kier molecular flexibility index (Phi) is 4.93. The van der Waals surface area contributed by atoms with Gasteiger partial charge in [-0.25, -0.2) is 4.39 Å². The van der Waals surface area contributed by atoms with E-state index in [1.54, 1.807) is 12.1 Å². The summed E-state index contributed by atoms with van der Waals surface area (Å²) in [5.41, 5.74) is 6.24. The highest BCUT2D eigenvalue weighted by atomic mass is 79.9. The molecule has 0 radical (unpaired) electrons. The minimum atomic E-state index is -0.440. The van der Waals surface area contributed by atoms with E-state index < -0.39 is 5.82 Å². The Balaban J connectivity index is 2.11. The molecule has 1 fully saturated rings. The standard InChI is InChI=1S/C14H18BrFN2O/c15-10-6-4-7-11(16)13(10)18-14(19)9-5-2-1-3-8-12(9)17/h4,6-7,9,12H,1-3,5,8,17H2,(H,18,19). The summed E-state index contributed by atoms with van der Waals surface area (Å²) in [5.74, 6) is -0.848. The molecule has 104 valence electrons. The fourth-order valence-electron chi connectivity index (χ4n) is 2.49. The number of amides is 1. The first-order chi connectivity index (χ1) is 9.09. The van der Waals surface area contributed by atoms with E-state index in [4.69, 9.17) is 5.73 Å². The van der Waals surface area contributed by atoms with Crippen molar-refractivity contribution in [1.29, 1.82) is 0 Å². The predicted octanol–water partition coefficient (Wildman–Crippen LogP) is 3.43. The highest BCUT2D eigenvalue weighted by Gasteiger charge is 2.27. The van der Waals surface area contributed by atoms with E-state index in [9.17, 15) is 9.18 Å².